The molecule has 0 amide bonds. The molecule has 1 aromatic heterocycles. The van der Waals surface area contributed by atoms with E-state index < -0.39 is 0 Å². The Balaban J connectivity index is 1.67. The Kier molecular flexibility index (Phi) is 4.83. The Bertz CT molecular complexity index is 735. The van der Waals surface area contributed by atoms with Crippen LogP contribution in [-0.4, -0.2) is 23.2 Å². The van der Waals surface area contributed by atoms with Crippen molar-refractivity contribution >= 4 is 0 Å². The fourth-order valence-electron chi connectivity index (χ4n) is 2.44. The van der Waals surface area contributed by atoms with Gasteiger partial charge in [0.05, 0.1) is 6.42 Å². The Morgan fingerprint density at radius 1 is 1.00 bits per heavy atom. The van der Waals surface area contributed by atoms with E-state index in [-0.39, 0.29) is 0 Å². The third-order valence-corrected chi connectivity index (χ3v) is 3.91. The molecule has 23 heavy (non-hydrogen) atoms. The first-order chi connectivity index (χ1) is 11.2. The summed E-state index contributed by atoms with van der Waals surface area (Å²) < 4.78 is 5.34. The van der Waals surface area contributed by atoms with Crippen LogP contribution in [0.25, 0.3) is 11.1 Å². The van der Waals surface area contributed by atoms with Crippen LogP contribution in [0, 0.1) is 0 Å². The molecule has 1 unspecified atom stereocenters. The lowest BCUT2D eigenvalue weighted by atomic mass is 10.0. The summed E-state index contributed by atoms with van der Waals surface area (Å²) in [6.07, 6.45) is 1.43. The van der Waals surface area contributed by atoms with Gasteiger partial charge in [-0.3, -0.25) is 0 Å². The molecular formula is C19H21N3O. The quantitative estimate of drug-likeness (QED) is 0.757. The number of nitrogens with one attached hydrogen (secondary N) is 1. The molecular weight excluding hydrogens is 286 g/mol. The summed E-state index contributed by atoms with van der Waals surface area (Å²) in [5.41, 5.74) is 3.60. The van der Waals surface area contributed by atoms with Gasteiger partial charge in [0.15, 0.2) is 5.82 Å². The van der Waals surface area contributed by atoms with Crippen molar-refractivity contribution < 1.29 is 4.52 Å². The molecule has 0 saturated carbocycles. The second-order valence-corrected chi connectivity index (χ2v) is 5.74. The highest BCUT2D eigenvalue weighted by Gasteiger charge is 2.10. The third kappa shape index (κ3) is 4.05. The molecule has 4 heteroatoms. The number of nitrogens with zero attached hydrogens (tertiary/aromatic N) is 2. The monoisotopic (exact) mass is 307 g/mol. The first-order valence-electron chi connectivity index (χ1n) is 7.87. The van der Waals surface area contributed by atoms with Crippen LogP contribution in [0.15, 0.2) is 59.1 Å². The van der Waals surface area contributed by atoms with Gasteiger partial charge < -0.3 is 9.84 Å². The Hall–Kier alpha value is -2.46. The summed E-state index contributed by atoms with van der Waals surface area (Å²) in [4.78, 5) is 4.46. The second-order valence-electron chi connectivity index (χ2n) is 5.74. The molecule has 2 aromatic carbocycles. The number of likely N-dealkylation sites (N-methyl/N-ethyl adjacent to an activating group) is 1. The summed E-state index contributed by atoms with van der Waals surface area (Å²) in [7, 11) is 1.93. The first kappa shape index (κ1) is 15.4. The van der Waals surface area contributed by atoms with Crippen LogP contribution in [0.2, 0.25) is 0 Å². The number of hydrogen-bond donors (Lipinski definition) is 1. The van der Waals surface area contributed by atoms with Crippen molar-refractivity contribution in [2.75, 3.05) is 7.05 Å². The van der Waals surface area contributed by atoms with E-state index in [9.17, 15) is 0 Å². The Morgan fingerprint density at radius 3 is 2.39 bits per heavy atom. The molecule has 0 saturated heterocycles. The van der Waals surface area contributed by atoms with E-state index >= 15 is 0 Å². The van der Waals surface area contributed by atoms with E-state index in [1.165, 1.54) is 16.7 Å². The molecule has 1 N–H and O–H groups in total. The van der Waals surface area contributed by atoms with Crippen molar-refractivity contribution in [1.29, 1.82) is 0 Å². The zero-order chi connectivity index (χ0) is 16.1. The number of rotatable bonds is 6. The lowest BCUT2D eigenvalue weighted by molar-refractivity contribution is 0.377. The zero-order valence-corrected chi connectivity index (χ0v) is 13.5. The van der Waals surface area contributed by atoms with Gasteiger partial charge >= 0.3 is 0 Å². The van der Waals surface area contributed by atoms with Gasteiger partial charge in [-0.15, -0.1) is 0 Å². The van der Waals surface area contributed by atoms with Gasteiger partial charge in [0.2, 0.25) is 5.89 Å². The molecule has 0 aliphatic heterocycles. The van der Waals surface area contributed by atoms with E-state index in [1.54, 1.807) is 0 Å². The third-order valence-electron chi connectivity index (χ3n) is 3.91. The minimum absolute atomic E-state index is 0.339. The highest BCUT2D eigenvalue weighted by molar-refractivity contribution is 5.63. The minimum Gasteiger partial charge on any atom is -0.339 e. The second kappa shape index (κ2) is 7.20. The van der Waals surface area contributed by atoms with E-state index in [0.717, 1.165) is 12.2 Å². The normalized spacial score (nSPS) is 12.3. The molecule has 3 rings (SSSR count). The zero-order valence-electron chi connectivity index (χ0n) is 13.5. The average molecular weight is 307 g/mol. The summed E-state index contributed by atoms with van der Waals surface area (Å²) >= 11 is 0. The topological polar surface area (TPSA) is 51.0 Å². The van der Waals surface area contributed by atoms with Gasteiger partial charge in [0, 0.05) is 12.5 Å². The van der Waals surface area contributed by atoms with Gasteiger partial charge in [-0.1, -0.05) is 59.8 Å². The molecule has 0 radical (unpaired) electrons. The van der Waals surface area contributed by atoms with Crippen LogP contribution in [0.1, 0.15) is 24.2 Å². The van der Waals surface area contributed by atoms with Gasteiger partial charge in [-0.05, 0) is 30.7 Å². The summed E-state index contributed by atoms with van der Waals surface area (Å²) in [6, 6.07) is 19.2. The molecule has 1 atom stereocenters. The molecule has 118 valence electrons. The Morgan fingerprint density at radius 2 is 1.70 bits per heavy atom. The van der Waals surface area contributed by atoms with Crippen LogP contribution in [-0.2, 0) is 12.8 Å². The van der Waals surface area contributed by atoms with Crippen molar-refractivity contribution in [1.82, 2.24) is 15.5 Å². The van der Waals surface area contributed by atoms with Gasteiger partial charge in [-0.25, -0.2) is 0 Å². The van der Waals surface area contributed by atoms with Crippen molar-refractivity contribution in [3.63, 3.8) is 0 Å². The molecule has 4 nitrogen and oxygen atoms in total. The van der Waals surface area contributed by atoms with Crippen molar-refractivity contribution in [2.45, 2.75) is 25.8 Å². The van der Waals surface area contributed by atoms with Gasteiger partial charge in [0.1, 0.15) is 0 Å². The van der Waals surface area contributed by atoms with E-state index in [4.69, 9.17) is 4.52 Å². The lowest BCUT2D eigenvalue weighted by Crippen LogP contribution is -2.24. The fraction of sp³-hybridized carbons (Fsp3) is 0.263. The summed E-state index contributed by atoms with van der Waals surface area (Å²) in [5, 5.41) is 7.21. The van der Waals surface area contributed by atoms with E-state index in [0.29, 0.717) is 18.4 Å². The van der Waals surface area contributed by atoms with Crippen LogP contribution in [0.4, 0.5) is 0 Å². The van der Waals surface area contributed by atoms with Crippen LogP contribution < -0.4 is 5.32 Å². The van der Waals surface area contributed by atoms with Crippen LogP contribution in [0.3, 0.4) is 0 Å². The molecule has 3 aromatic rings. The van der Waals surface area contributed by atoms with Crippen molar-refractivity contribution in [2.24, 2.45) is 0 Å². The van der Waals surface area contributed by atoms with E-state index in [1.807, 2.05) is 13.1 Å². The highest BCUT2D eigenvalue weighted by atomic mass is 16.5. The van der Waals surface area contributed by atoms with E-state index in [2.05, 4.69) is 70.9 Å². The predicted octanol–water partition coefficient (Wildman–Crippen LogP) is 3.48. The molecule has 1 heterocycles. The summed E-state index contributed by atoms with van der Waals surface area (Å²) in [5.74, 6) is 1.42. The maximum absolute atomic E-state index is 5.34. The van der Waals surface area contributed by atoms with Crippen LogP contribution >= 0.6 is 0 Å². The Labute approximate surface area is 136 Å². The van der Waals surface area contributed by atoms with Gasteiger partial charge in [0.25, 0.3) is 0 Å². The molecule has 0 spiro atoms. The maximum Gasteiger partial charge on any atom is 0.231 e. The molecule has 0 fully saturated rings. The van der Waals surface area contributed by atoms with Crippen molar-refractivity contribution in [3.05, 3.63) is 71.9 Å². The fourth-order valence-corrected chi connectivity index (χ4v) is 2.44. The molecule has 0 bridgehead atoms. The maximum atomic E-state index is 5.34. The number of hydrogen-bond acceptors (Lipinski definition) is 4. The van der Waals surface area contributed by atoms with Gasteiger partial charge in [-0.2, -0.15) is 4.98 Å². The average Bonchev–Trinajstić information content (AvgIpc) is 3.03. The number of aromatic nitrogens is 2. The van der Waals surface area contributed by atoms with Crippen LogP contribution in [0.5, 0.6) is 0 Å². The smallest absolute Gasteiger partial charge is 0.231 e. The SMILES string of the molecule is CNC(C)Cc1noc(Cc2ccc(-c3ccccc3)cc2)n1. The first-order valence-corrected chi connectivity index (χ1v) is 7.87. The highest BCUT2D eigenvalue weighted by Crippen LogP contribution is 2.20. The minimum atomic E-state index is 0.339. The lowest BCUT2D eigenvalue weighted by Gasteiger charge is -2.04. The molecule has 0 aliphatic carbocycles. The number of benzene rings is 2. The molecule has 0 aliphatic rings. The summed E-state index contributed by atoms with van der Waals surface area (Å²) in [6.45, 7) is 2.10. The largest absolute Gasteiger partial charge is 0.339 e. The standard InChI is InChI=1S/C19H21N3O/c1-14(20-2)12-18-21-19(23-22-18)13-15-8-10-17(11-9-15)16-6-4-3-5-7-16/h3-11,14,20H,12-13H2,1-2H3. The predicted molar refractivity (Wildman–Crippen MR) is 91.2 cm³/mol. The van der Waals surface area contributed by atoms with Crippen molar-refractivity contribution in [3.8, 4) is 11.1 Å².